The smallest absolute Gasteiger partial charge is 0.261 e. The molecule has 2 rings (SSSR count). The van der Waals surface area contributed by atoms with Crippen LogP contribution in [-0.4, -0.2) is 10.9 Å². The molecule has 0 bridgehead atoms. The summed E-state index contributed by atoms with van der Waals surface area (Å²) in [6, 6.07) is 7.67. The number of halogens is 1. The maximum Gasteiger partial charge on any atom is 0.261 e. The second-order valence-electron chi connectivity index (χ2n) is 3.68. The van der Waals surface area contributed by atoms with E-state index in [1.807, 2.05) is 6.07 Å². The Bertz CT molecular complexity index is 731. The molecule has 2 aromatic rings. The van der Waals surface area contributed by atoms with Crippen LogP contribution in [0.25, 0.3) is 0 Å². The monoisotopic (exact) mass is 273 g/mol. The van der Waals surface area contributed by atoms with Crippen LogP contribution in [0.15, 0.2) is 41.5 Å². The molecule has 0 aliphatic rings. The predicted molar refractivity (Wildman–Crippen MR) is 71.2 cm³/mol. The average molecular weight is 274 g/mol. The van der Waals surface area contributed by atoms with Crippen LogP contribution in [0.4, 0.5) is 5.69 Å². The highest BCUT2D eigenvalue weighted by atomic mass is 35.5. The first-order chi connectivity index (χ1) is 9.11. The van der Waals surface area contributed by atoms with Gasteiger partial charge in [-0.1, -0.05) is 11.6 Å². The van der Waals surface area contributed by atoms with E-state index in [1.165, 1.54) is 30.6 Å². The van der Waals surface area contributed by atoms with Gasteiger partial charge in [0.25, 0.3) is 5.91 Å². The number of anilines is 1. The molecule has 1 amide bonds. The number of H-pyrrole nitrogens is 1. The molecule has 1 heterocycles. The zero-order chi connectivity index (χ0) is 13.8. The van der Waals surface area contributed by atoms with E-state index < -0.39 is 5.91 Å². The van der Waals surface area contributed by atoms with E-state index in [0.29, 0.717) is 10.7 Å². The van der Waals surface area contributed by atoms with Gasteiger partial charge in [0.05, 0.1) is 10.6 Å². The summed E-state index contributed by atoms with van der Waals surface area (Å²) in [5, 5.41) is 11.7. The number of carbonyl (C=O) groups is 1. The summed E-state index contributed by atoms with van der Waals surface area (Å²) >= 11 is 5.78. The molecule has 6 heteroatoms. The first-order valence-corrected chi connectivity index (χ1v) is 5.67. The Labute approximate surface area is 113 Å². The number of nitriles is 1. The highest BCUT2D eigenvalue weighted by Crippen LogP contribution is 2.19. The zero-order valence-electron chi connectivity index (χ0n) is 9.61. The minimum atomic E-state index is -0.548. The summed E-state index contributed by atoms with van der Waals surface area (Å²) in [7, 11) is 0. The van der Waals surface area contributed by atoms with Crippen molar-refractivity contribution in [1.29, 1.82) is 5.26 Å². The van der Waals surface area contributed by atoms with Crippen molar-refractivity contribution in [1.82, 2.24) is 4.98 Å². The van der Waals surface area contributed by atoms with Gasteiger partial charge in [0.2, 0.25) is 0 Å². The molecule has 0 fully saturated rings. The Hall–Kier alpha value is -2.58. The first-order valence-electron chi connectivity index (χ1n) is 5.30. The van der Waals surface area contributed by atoms with Gasteiger partial charge in [0.15, 0.2) is 5.43 Å². The van der Waals surface area contributed by atoms with Crippen molar-refractivity contribution < 1.29 is 4.79 Å². The van der Waals surface area contributed by atoms with Gasteiger partial charge < -0.3 is 10.3 Å². The number of amides is 1. The topological polar surface area (TPSA) is 85.8 Å². The van der Waals surface area contributed by atoms with E-state index in [2.05, 4.69) is 10.3 Å². The third-order valence-electron chi connectivity index (χ3n) is 2.41. The fraction of sp³-hybridized carbons (Fsp3) is 0. The molecule has 94 valence electrons. The number of benzene rings is 1. The zero-order valence-corrected chi connectivity index (χ0v) is 10.4. The third-order valence-corrected chi connectivity index (χ3v) is 2.74. The Morgan fingerprint density at radius 1 is 1.37 bits per heavy atom. The quantitative estimate of drug-likeness (QED) is 0.879. The van der Waals surface area contributed by atoms with Gasteiger partial charge in [-0.25, -0.2) is 0 Å². The van der Waals surface area contributed by atoms with Gasteiger partial charge >= 0.3 is 0 Å². The van der Waals surface area contributed by atoms with Crippen molar-refractivity contribution >= 4 is 23.2 Å². The van der Waals surface area contributed by atoms with Crippen molar-refractivity contribution in [3.8, 4) is 6.07 Å². The molecule has 1 aromatic carbocycles. The second-order valence-corrected chi connectivity index (χ2v) is 4.09. The minimum Gasteiger partial charge on any atom is -0.367 e. The number of aromatic amines is 1. The van der Waals surface area contributed by atoms with E-state index >= 15 is 0 Å². The molecule has 2 N–H and O–H groups in total. The molecule has 0 aliphatic carbocycles. The molecule has 19 heavy (non-hydrogen) atoms. The lowest BCUT2D eigenvalue weighted by Gasteiger charge is -2.05. The summed E-state index contributed by atoms with van der Waals surface area (Å²) in [4.78, 5) is 26.0. The van der Waals surface area contributed by atoms with Crippen molar-refractivity contribution in [2.75, 3.05) is 5.32 Å². The third kappa shape index (κ3) is 2.81. The normalized spacial score (nSPS) is 9.68. The second kappa shape index (κ2) is 5.38. The highest BCUT2D eigenvalue weighted by Gasteiger charge is 2.10. The molecule has 0 spiro atoms. The highest BCUT2D eigenvalue weighted by molar-refractivity contribution is 6.31. The van der Waals surface area contributed by atoms with Gasteiger partial charge in [0, 0.05) is 24.1 Å². The number of hydrogen-bond acceptors (Lipinski definition) is 3. The van der Waals surface area contributed by atoms with Crippen molar-refractivity contribution in [3.63, 3.8) is 0 Å². The van der Waals surface area contributed by atoms with E-state index in [9.17, 15) is 9.59 Å². The number of rotatable bonds is 2. The van der Waals surface area contributed by atoms with Crippen molar-refractivity contribution in [2.45, 2.75) is 0 Å². The van der Waals surface area contributed by atoms with Crippen LogP contribution in [0.2, 0.25) is 5.02 Å². The standard InChI is InChI=1S/C13H8ClN3O2/c14-11-2-1-9(5-8(11)6-15)17-13(19)10-7-16-4-3-12(10)18/h1-5,7H,(H,16,18)(H,17,19). The van der Waals surface area contributed by atoms with Crippen LogP contribution < -0.4 is 10.7 Å². The van der Waals surface area contributed by atoms with Gasteiger partial charge in [-0.15, -0.1) is 0 Å². The maximum absolute atomic E-state index is 11.9. The Kier molecular flexibility index (Phi) is 3.64. The Balaban J connectivity index is 2.28. The van der Waals surface area contributed by atoms with Gasteiger partial charge in [-0.05, 0) is 18.2 Å². The molecule has 0 atom stereocenters. The van der Waals surface area contributed by atoms with Gasteiger partial charge in [0.1, 0.15) is 11.6 Å². The predicted octanol–water partition coefficient (Wildman–Crippen LogP) is 2.15. The lowest BCUT2D eigenvalue weighted by atomic mass is 10.2. The summed E-state index contributed by atoms with van der Waals surface area (Å²) in [5.41, 5.74) is 0.261. The van der Waals surface area contributed by atoms with E-state index in [0.717, 1.165) is 0 Å². The van der Waals surface area contributed by atoms with Crippen LogP contribution in [-0.2, 0) is 0 Å². The van der Waals surface area contributed by atoms with Crippen LogP contribution >= 0.6 is 11.6 Å². The Morgan fingerprint density at radius 3 is 2.84 bits per heavy atom. The molecule has 0 aliphatic heterocycles. The van der Waals surface area contributed by atoms with Crippen LogP contribution in [0, 0.1) is 11.3 Å². The van der Waals surface area contributed by atoms with Crippen LogP contribution in [0.3, 0.4) is 0 Å². The summed E-state index contributed by atoms with van der Waals surface area (Å²) in [6.45, 7) is 0. The van der Waals surface area contributed by atoms with Crippen LogP contribution in [0.5, 0.6) is 0 Å². The SMILES string of the molecule is N#Cc1cc(NC(=O)c2c[nH]ccc2=O)ccc1Cl. The van der Waals surface area contributed by atoms with Crippen LogP contribution in [0.1, 0.15) is 15.9 Å². The number of carbonyl (C=O) groups excluding carboxylic acids is 1. The molecule has 0 unspecified atom stereocenters. The van der Waals surface area contributed by atoms with E-state index in [4.69, 9.17) is 16.9 Å². The fourth-order valence-electron chi connectivity index (χ4n) is 1.48. The molecular weight excluding hydrogens is 266 g/mol. The molecule has 0 saturated heterocycles. The van der Waals surface area contributed by atoms with E-state index in [-0.39, 0.29) is 16.6 Å². The number of hydrogen-bond donors (Lipinski definition) is 2. The lowest BCUT2D eigenvalue weighted by molar-refractivity contribution is 0.102. The van der Waals surface area contributed by atoms with Crippen molar-refractivity contribution in [2.24, 2.45) is 0 Å². The van der Waals surface area contributed by atoms with Crippen molar-refractivity contribution in [3.05, 3.63) is 63.0 Å². The van der Waals surface area contributed by atoms with Gasteiger partial charge in [-0.3, -0.25) is 9.59 Å². The number of pyridine rings is 1. The first kappa shape index (κ1) is 12.9. The summed E-state index contributed by atoms with van der Waals surface area (Å²) < 4.78 is 0. The largest absolute Gasteiger partial charge is 0.367 e. The molecule has 1 aromatic heterocycles. The van der Waals surface area contributed by atoms with Gasteiger partial charge in [-0.2, -0.15) is 5.26 Å². The Morgan fingerprint density at radius 2 is 2.16 bits per heavy atom. The average Bonchev–Trinajstić information content (AvgIpc) is 2.41. The fourth-order valence-corrected chi connectivity index (χ4v) is 1.64. The molecule has 5 nitrogen and oxygen atoms in total. The molecule has 0 saturated carbocycles. The number of nitrogens with one attached hydrogen (secondary N) is 2. The summed E-state index contributed by atoms with van der Waals surface area (Å²) in [6.07, 6.45) is 2.76. The van der Waals surface area contributed by atoms with E-state index in [1.54, 1.807) is 6.07 Å². The lowest BCUT2D eigenvalue weighted by Crippen LogP contribution is -2.20. The molecule has 0 radical (unpaired) electrons. The maximum atomic E-state index is 11.9. The summed E-state index contributed by atoms with van der Waals surface area (Å²) in [5.74, 6) is -0.548. The molecular formula is C13H8ClN3O2. The number of aromatic nitrogens is 1. The number of nitrogens with zero attached hydrogens (tertiary/aromatic N) is 1. The minimum absolute atomic E-state index is 0.00374.